The van der Waals surface area contributed by atoms with Gasteiger partial charge in [0.05, 0.1) is 5.88 Å². The summed E-state index contributed by atoms with van der Waals surface area (Å²) in [6.07, 6.45) is 3.68. The topological polar surface area (TPSA) is 17.8 Å². The number of nitrogens with zero attached hydrogens (tertiary/aromatic N) is 2. The summed E-state index contributed by atoms with van der Waals surface area (Å²) >= 11 is 5.77. The highest BCUT2D eigenvalue weighted by atomic mass is 35.5. The fourth-order valence-corrected chi connectivity index (χ4v) is 1.57. The van der Waals surface area contributed by atoms with Crippen LogP contribution in [0, 0.1) is 6.92 Å². The molecule has 0 unspecified atom stereocenters. The van der Waals surface area contributed by atoms with Gasteiger partial charge in [0.15, 0.2) is 0 Å². The molecule has 2 nitrogen and oxygen atoms in total. The monoisotopic (exact) mass is 206 g/mol. The van der Waals surface area contributed by atoms with Gasteiger partial charge in [0, 0.05) is 18.1 Å². The van der Waals surface area contributed by atoms with Crippen molar-refractivity contribution in [2.24, 2.45) is 0 Å². The molecular weight excluding hydrogens is 196 g/mol. The quantitative estimate of drug-likeness (QED) is 0.691. The smallest absolute Gasteiger partial charge is 0.128 e. The van der Waals surface area contributed by atoms with Crippen LogP contribution in [0.15, 0.2) is 36.7 Å². The first-order chi connectivity index (χ1) is 6.81. The highest BCUT2D eigenvalue weighted by Crippen LogP contribution is 2.12. The molecule has 0 fully saturated rings. The van der Waals surface area contributed by atoms with Crippen molar-refractivity contribution in [3.05, 3.63) is 48.0 Å². The van der Waals surface area contributed by atoms with Crippen LogP contribution in [0.1, 0.15) is 11.4 Å². The molecule has 72 valence electrons. The van der Waals surface area contributed by atoms with Gasteiger partial charge in [-0.05, 0) is 19.1 Å². The van der Waals surface area contributed by atoms with Gasteiger partial charge in [-0.15, -0.1) is 11.6 Å². The summed E-state index contributed by atoms with van der Waals surface area (Å²) < 4.78 is 1.99. The van der Waals surface area contributed by atoms with Gasteiger partial charge in [-0.3, -0.25) is 0 Å². The van der Waals surface area contributed by atoms with E-state index >= 15 is 0 Å². The Morgan fingerprint density at radius 2 is 2.00 bits per heavy atom. The lowest BCUT2D eigenvalue weighted by atomic mass is 10.2. The lowest BCUT2D eigenvalue weighted by Gasteiger charge is -2.05. The highest BCUT2D eigenvalue weighted by Gasteiger charge is 2.02. The number of hydrogen-bond acceptors (Lipinski definition) is 1. The maximum atomic E-state index is 5.77. The molecule has 14 heavy (non-hydrogen) atoms. The van der Waals surface area contributed by atoms with Gasteiger partial charge in [0.1, 0.15) is 5.82 Å². The minimum absolute atomic E-state index is 0.431. The number of rotatable bonds is 2. The molecule has 0 atom stereocenters. The Morgan fingerprint density at radius 1 is 1.29 bits per heavy atom. The van der Waals surface area contributed by atoms with Crippen LogP contribution in [0.3, 0.4) is 0 Å². The molecule has 0 amide bonds. The SMILES string of the molecule is Cc1ccc(-n2ccnc2CCl)cc1. The summed E-state index contributed by atoms with van der Waals surface area (Å²) in [5.74, 6) is 1.30. The van der Waals surface area contributed by atoms with E-state index in [2.05, 4.69) is 36.2 Å². The fourth-order valence-electron chi connectivity index (χ4n) is 1.37. The first kappa shape index (κ1) is 9.28. The van der Waals surface area contributed by atoms with E-state index in [-0.39, 0.29) is 0 Å². The van der Waals surface area contributed by atoms with Crippen LogP contribution >= 0.6 is 11.6 Å². The number of hydrogen-bond donors (Lipinski definition) is 0. The molecule has 0 aliphatic rings. The zero-order valence-corrected chi connectivity index (χ0v) is 8.70. The van der Waals surface area contributed by atoms with Gasteiger partial charge in [-0.1, -0.05) is 17.7 Å². The number of halogens is 1. The molecule has 0 bridgehead atoms. The second-order valence-electron chi connectivity index (χ2n) is 3.18. The van der Waals surface area contributed by atoms with E-state index < -0.39 is 0 Å². The fraction of sp³-hybridized carbons (Fsp3) is 0.182. The number of aryl methyl sites for hydroxylation is 1. The van der Waals surface area contributed by atoms with Gasteiger partial charge in [-0.2, -0.15) is 0 Å². The van der Waals surface area contributed by atoms with E-state index in [4.69, 9.17) is 11.6 Å². The summed E-state index contributed by atoms with van der Waals surface area (Å²) in [6.45, 7) is 2.07. The molecule has 1 aromatic heterocycles. The first-order valence-electron chi connectivity index (χ1n) is 4.46. The van der Waals surface area contributed by atoms with E-state index in [1.165, 1.54) is 5.56 Å². The number of alkyl halides is 1. The summed E-state index contributed by atoms with van der Waals surface area (Å²) in [4.78, 5) is 4.16. The van der Waals surface area contributed by atoms with Crippen LogP contribution in [0.25, 0.3) is 5.69 Å². The van der Waals surface area contributed by atoms with Crippen molar-refractivity contribution >= 4 is 11.6 Å². The predicted molar refractivity (Wildman–Crippen MR) is 57.9 cm³/mol. The van der Waals surface area contributed by atoms with Crippen LogP contribution in [0.5, 0.6) is 0 Å². The molecule has 0 aliphatic heterocycles. The molecule has 0 spiro atoms. The summed E-state index contributed by atoms with van der Waals surface area (Å²) in [6, 6.07) is 8.28. The second kappa shape index (κ2) is 3.84. The van der Waals surface area contributed by atoms with Gasteiger partial charge in [0.2, 0.25) is 0 Å². The van der Waals surface area contributed by atoms with E-state index in [9.17, 15) is 0 Å². The molecule has 0 N–H and O–H groups in total. The number of imidazole rings is 1. The van der Waals surface area contributed by atoms with Crippen LogP contribution in [-0.2, 0) is 5.88 Å². The molecular formula is C11H11ClN2. The summed E-state index contributed by atoms with van der Waals surface area (Å²) in [5, 5.41) is 0. The number of aromatic nitrogens is 2. The maximum absolute atomic E-state index is 5.77. The van der Waals surface area contributed by atoms with E-state index in [1.807, 2.05) is 10.8 Å². The predicted octanol–water partition coefficient (Wildman–Crippen LogP) is 2.92. The van der Waals surface area contributed by atoms with Gasteiger partial charge >= 0.3 is 0 Å². The largest absolute Gasteiger partial charge is 0.303 e. The minimum atomic E-state index is 0.431. The van der Waals surface area contributed by atoms with Crippen LogP contribution < -0.4 is 0 Å². The third kappa shape index (κ3) is 1.66. The van der Waals surface area contributed by atoms with Crippen molar-refractivity contribution in [2.45, 2.75) is 12.8 Å². The van der Waals surface area contributed by atoms with Crippen molar-refractivity contribution in [2.75, 3.05) is 0 Å². The molecule has 0 radical (unpaired) electrons. The number of benzene rings is 1. The van der Waals surface area contributed by atoms with Gasteiger partial charge in [0.25, 0.3) is 0 Å². The zero-order valence-electron chi connectivity index (χ0n) is 7.94. The van der Waals surface area contributed by atoms with Crippen LogP contribution in [-0.4, -0.2) is 9.55 Å². The third-order valence-electron chi connectivity index (χ3n) is 2.15. The van der Waals surface area contributed by atoms with E-state index in [0.29, 0.717) is 5.88 Å². The van der Waals surface area contributed by atoms with E-state index in [0.717, 1.165) is 11.5 Å². The lowest BCUT2D eigenvalue weighted by Crippen LogP contribution is -1.97. The van der Waals surface area contributed by atoms with Gasteiger partial charge < -0.3 is 4.57 Å². The van der Waals surface area contributed by atoms with Crippen LogP contribution in [0.2, 0.25) is 0 Å². The molecule has 2 rings (SSSR count). The molecule has 2 aromatic rings. The lowest BCUT2D eigenvalue weighted by molar-refractivity contribution is 0.957. The van der Waals surface area contributed by atoms with Crippen LogP contribution in [0.4, 0.5) is 0 Å². The zero-order chi connectivity index (χ0) is 9.97. The Kier molecular flexibility index (Phi) is 2.55. The Morgan fingerprint density at radius 3 is 2.64 bits per heavy atom. The molecule has 0 saturated heterocycles. The van der Waals surface area contributed by atoms with Crippen molar-refractivity contribution in [3.8, 4) is 5.69 Å². The first-order valence-corrected chi connectivity index (χ1v) is 5.00. The van der Waals surface area contributed by atoms with Crippen molar-refractivity contribution in [3.63, 3.8) is 0 Å². The molecule has 0 aliphatic carbocycles. The minimum Gasteiger partial charge on any atom is -0.303 e. The Hall–Kier alpha value is -1.28. The Labute approximate surface area is 88.2 Å². The Balaban J connectivity index is 2.44. The van der Waals surface area contributed by atoms with Crippen molar-refractivity contribution in [1.29, 1.82) is 0 Å². The standard InChI is InChI=1S/C11H11ClN2/c1-9-2-4-10(5-3-9)14-7-6-13-11(14)8-12/h2-7H,8H2,1H3. The normalized spacial score (nSPS) is 10.4. The average Bonchev–Trinajstić information content (AvgIpc) is 2.67. The molecule has 1 heterocycles. The molecule has 1 aromatic carbocycles. The van der Waals surface area contributed by atoms with E-state index in [1.54, 1.807) is 6.20 Å². The maximum Gasteiger partial charge on any atom is 0.128 e. The third-order valence-corrected chi connectivity index (χ3v) is 2.39. The highest BCUT2D eigenvalue weighted by molar-refractivity contribution is 6.16. The van der Waals surface area contributed by atoms with Gasteiger partial charge in [-0.25, -0.2) is 4.98 Å². The molecule has 3 heteroatoms. The van der Waals surface area contributed by atoms with Crippen molar-refractivity contribution in [1.82, 2.24) is 9.55 Å². The Bertz CT molecular complexity index is 417. The van der Waals surface area contributed by atoms with Crippen molar-refractivity contribution < 1.29 is 0 Å². The molecule has 0 saturated carbocycles. The average molecular weight is 207 g/mol. The summed E-state index contributed by atoms with van der Waals surface area (Å²) in [5.41, 5.74) is 2.35. The summed E-state index contributed by atoms with van der Waals surface area (Å²) in [7, 11) is 0. The second-order valence-corrected chi connectivity index (χ2v) is 3.45.